The molecule has 160 valence electrons. The number of benzene rings is 2. The van der Waals surface area contributed by atoms with Crippen LogP contribution in [0.1, 0.15) is 46.4 Å². The molecule has 4 nitrogen and oxygen atoms in total. The summed E-state index contributed by atoms with van der Waals surface area (Å²) in [6, 6.07) is 9.67. The number of carbonyl (C=O) groups excluding carboxylic acids is 2. The van der Waals surface area contributed by atoms with Crippen molar-refractivity contribution in [1.82, 2.24) is 10.6 Å². The summed E-state index contributed by atoms with van der Waals surface area (Å²) in [6.07, 6.45) is 4.08. The highest BCUT2D eigenvalue weighted by atomic mass is 35.5. The van der Waals surface area contributed by atoms with Crippen LogP contribution in [0.5, 0.6) is 0 Å². The maximum atomic E-state index is 12.4. The van der Waals surface area contributed by atoms with Gasteiger partial charge in [0.25, 0.3) is 11.8 Å². The average molecular weight is 488 g/mol. The Labute approximate surface area is 196 Å². The van der Waals surface area contributed by atoms with Crippen molar-refractivity contribution in [2.24, 2.45) is 11.8 Å². The largest absolute Gasteiger partial charge is 0.352 e. The molecule has 2 aromatic carbocycles. The Morgan fingerprint density at radius 1 is 0.767 bits per heavy atom. The molecule has 0 heterocycles. The van der Waals surface area contributed by atoms with Gasteiger partial charge in [-0.2, -0.15) is 0 Å². The molecule has 2 N–H and O–H groups in total. The number of nitrogens with one attached hydrogen (secondary N) is 2. The lowest BCUT2D eigenvalue weighted by Crippen LogP contribution is -2.35. The van der Waals surface area contributed by atoms with Crippen LogP contribution >= 0.6 is 46.4 Å². The van der Waals surface area contributed by atoms with E-state index in [1.165, 1.54) is 0 Å². The molecule has 3 rings (SSSR count). The Morgan fingerprint density at radius 2 is 1.20 bits per heavy atom. The average Bonchev–Trinajstić information content (AvgIpc) is 2.70. The summed E-state index contributed by atoms with van der Waals surface area (Å²) in [5, 5.41) is 7.60. The predicted molar refractivity (Wildman–Crippen MR) is 123 cm³/mol. The normalized spacial score (nSPS) is 18.7. The zero-order chi connectivity index (χ0) is 21.7. The molecule has 1 aliphatic carbocycles. The van der Waals surface area contributed by atoms with Crippen molar-refractivity contribution in [3.63, 3.8) is 0 Å². The first-order valence-electron chi connectivity index (χ1n) is 9.80. The van der Waals surface area contributed by atoms with Gasteiger partial charge in [-0.25, -0.2) is 0 Å². The molecule has 0 bridgehead atoms. The minimum absolute atomic E-state index is 0.204. The van der Waals surface area contributed by atoms with Gasteiger partial charge in [0.15, 0.2) is 0 Å². The van der Waals surface area contributed by atoms with E-state index in [-0.39, 0.29) is 11.8 Å². The van der Waals surface area contributed by atoms with Gasteiger partial charge in [0.1, 0.15) is 0 Å². The highest BCUT2D eigenvalue weighted by Gasteiger charge is 2.24. The molecule has 0 radical (unpaired) electrons. The molecule has 2 atom stereocenters. The van der Waals surface area contributed by atoms with Gasteiger partial charge in [-0.1, -0.05) is 52.8 Å². The lowest BCUT2D eigenvalue weighted by atomic mass is 9.81. The standard InChI is InChI=1S/C22H22Cl4N2O2/c23-15-4-6-17(19(25)9-15)21(29)27-11-13-2-1-3-14(8-13)12-28-22(30)18-7-5-16(24)10-20(18)26/h4-7,9-10,13-14H,1-3,8,11-12H2,(H,27,29)(H,28,30)/t13-,14-/m0/s1. The summed E-state index contributed by atoms with van der Waals surface area (Å²) in [5.41, 5.74) is 0.834. The van der Waals surface area contributed by atoms with Gasteiger partial charge in [0.05, 0.1) is 21.2 Å². The van der Waals surface area contributed by atoms with E-state index < -0.39 is 0 Å². The van der Waals surface area contributed by atoms with E-state index in [0.29, 0.717) is 56.1 Å². The van der Waals surface area contributed by atoms with Crippen molar-refractivity contribution in [2.75, 3.05) is 13.1 Å². The van der Waals surface area contributed by atoms with Crippen LogP contribution in [0.2, 0.25) is 20.1 Å². The highest BCUT2D eigenvalue weighted by Crippen LogP contribution is 2.29. The SMILES string of the molecule is O=C(NC[C@H]1CCC[C@H](CNC(=O)c2ccc(Cl)cc2Cl)C1)c1ccc(Cl)cc1Cl. The topological polar surface area (TPSA) is 58.2 Å². The van der Waals surface area contributed by atoms with Crippen LogP contribution < -0.4 is 10.6 Å². The van der Waals surface area contributed by atoms with Gasteiger partial charge in [0, 0.05) is 23.1 Å². The number of carbonyl (C=O) groups is 2. The van der Waals surface area contributed by atoms with Crippen molar-refractivity contribution in [1.29, 1.82) is 0 Å². The van der Waals surface area contributed by atoms with Gasteiger partial charge >= 0.3 is 0 Å². The van der Waals surface area contributed by atoms with Crippen molar-refractivity contribution in [3.8, 4) is 0 Å². The highest BCUT2D eigenvalue weighted by molar-refractivity contribution is 6.37. The van der Waals surface area contributed by atoms with Gasteiger partial charge in [-0.05, 0) is 67.5 Å². The van der Waals surface area contributed by atoms with Crippen molar-refractivity contribution in [3.05, 3.63) is 67.6 Å². The second-order valence-corrected chi connectivity index (χ2v) is 9.25. The first-order chi connectivity index (χ1) is 14.3. The minimum atomic E-state index is -0.204. The van der Waals surface area contributed by atoms with Crippen molar-refractivity contribution >= 4 is 58.2 Å². The van der Waals surface area contributed by atoms with E-state index in [4.69, 9.17) is 46.4 Å². The molecule has 0 spiro atoms. The Morgan fingerprint density at radius 3 is 1.60 bits per heavy atom. The Kier molecular flexibility index (Phi) is 8.29. The fraction of sp³-hybridized carbons (Fsp3) is 0.364. The molecule has 2 amide bonds. The molecular formula is C22H22Cl4N2O2. The Bertz CT molecular complexity index is 862. The summed E-state index contributed by atoms with van der Waals surface area (Å²) in [4.78, 5) is 24.8. The van der Waals surface area contributed by atoms with Crippen LogP contribution in [0.15, 0.2) is 36.4 Å². The van der Waals surface area contributed by atoms with E-state index in [2.05, 4.69) is 10.6 Å². The first kappa shape index (κ1) is 23.2. The second-order valence-electron chi connectivity index (χ2n) is 7.57. The quantitative estimate of drug-likeness (QED) is 0.504. The summed E-state index contributed by atoms with van der Waals surface area (Å²) < 4.78 is 0. The fourth-order valence-corrected chi connectivity index (χ4v) is 4.77. The zero-order valence-electron chi connectivity index (χ0n) is 16.2. The van der Waals surface area contributed by atoms with E-state index in [1.54, 1.807) is 36.4 Å². The lowest BCUT2D eigenvalue weighted by molar-refractivity contribution is 0.0935. The predicted octanol–water partition coefficient (Wildman–Crippen LogP) is 6.27. The number of amides is 2. The fourth-order valence-electron chi connectivity index (χ4n) is 3.78. The van der Waals surface area contributed by atoms with E-state index >= 15 is 0 Å². The second kappa shape index (κ2) is 10.7. The molecule has 0 aliphatic heterocycles. The third-order valence-corrected chi connectivity index (χ3v) is 6.44. The van der Waals surface area contributed by atoms with Gasteiger partial charge in [-0.15, -0.1) is 0 Å². The van der Waals surface area contributed by atoms with Gasteiger partial charge in [-0.3, -0.25) is 9.59 Å². The van der Waals surface area contributed by atoms with Crippen molar-refractivity contribution < 1.29 is 9.59 Å². The molecule has 0 aromatic heterocycles. The number of halogens is 4. The number of hydrogen-bond donors (Lipinski definition) is 2. The summed E-state index contributed by atoms with van der Waals surface area (Å²) in [5.74, 6) is 0.304. The molecule has 30 heavy (non-hydrogen) atoms. The van der Waals surface area contributed by atoms with Crippen LogP contribution in [0.25, 0.3) is 0 Å². The molecule has 1 aliphatic rings. The van der Waals surface area contributed by atoms with E-state index in [9.17, 15) is 9.59 Å². The molecular weight excluding hydrogens is 466 g/mol. The van der Waals surface area contributed by atoms with E-state index in [0.717, 1.165) is 25.7 Å². The molecule has 2 aromatic rings. The minimum Gasteiger partial charge on any atom is -0.352 e. The third kappa shape index (κ3) is 6.27. The van der Waals surface area contributed by atoms with E-state index in [1.807, 2.05) is 0 Å². The van der Waals surface area contributed by atoms with Crippen LogP contribution in [-0.4, -0.2) is 24.9 Å². The summed E-state index contributed by atoms with van der Waals surface area (Å²) >= 11 is 24.0. The molecule has 0 saturated heterocycles. The molecule has 0 unspecified atom stereocenters. The summed E-state index contributed by atoms with van der Waals surface area (Å²) in [6.45, 7) is 1.15. The smallest absolute Gasteiger partial charge is 0.252 e. The maximum Gasteiger partial charge on any atom is 0.252 e. The van der Waals surface area contributed by atoms with Gasteiger partial charge in [0.2, 0.25) is 0 Å². The Hall–Kier alpha value is -1.46. The number of rotatable bonds is 6. The zero-order valence-corrected chi connectivity index (χ0v) is 19.2. The van der Waals surface area contributed by atoms with Crippen molar-refractivity contribution in [2.45, 2.75) is 25.7 Å². The Balaban J connectivity index is 1.48. The molecule has 1 fully saturated rings. The monoisotopic (exact) mass is 486 g/mol. The van der Waals surface area contributed by atoms with Crippen LogP contribution in [-0.2, 0) is 0 Å². The van der Waals surface area contributed by atoms with Crippen LogP contribution in [0.4, 0.5) is 0 Å². The third-order valence-electron chi connectivity index (χ3n) is 5.35. The summed E-state index contributed by atoms with van der Waals surface area (Å²) in [7, 11) is 0. The van der Waals surface area contributed by atoms with Gasteiger partial charge < -0.3 is 10.6 Å². The maximum absolute atomic E-state index is 12.4. The molecule has 8 heteroatoms. The van der Waals surface area contributed by atoms with Crippen LogP contribution in [0.3, 0.4) is 0 Å². The van der Waals surface area contributed by atoms with Crippen LogP contribution in [0, 0.1) is 11.8 Å². The first-order valence-corrected chi connectivity index (χ1v) is 11.3. The lowest BCUT2D eigenvalue weighted by Gasteiger charge is -2.29. The molecule has 1 saturated carbocycles. The number of hydrogen-bond acceptors (Lipinski definition) is 2.